The lowest BCUT2D eigenvalue weighted by Crippen LogP contribution is -2.22. The second-order valence-electron chi connectivity index (χ2n) is 4.31. The van der Waals surface area contributed by atoms with Crippen molar-refractivity contribution in [1.29, 1.82) is 0 Å². The number of benzene rings is 1. The lowest BCUT2D eigenvalue weighted by molar-refractivity contribution is 0.414. The van der Waals surface area contributed by atoms with E-state index in [1.807, 2.05) is 31.2 Å². The topological polar surface area (TPSA) is 57.2 Å². The largest absolute Gasteiger partial charge is 0.497 e. The number of hydrogen-bond donors (Lipinski definition) is 1. The second kappa shape index (κ2) is 5.48. The molecule has 2 rings (SSSR count). The second-order valence-corrected chi connectivity index (χ2v) is 5.10. The molecule has 0 saturated carbocycles. The van der Waals surface area contributed by atoms with Gasteiger partial charge in [0.1, 0.15) is 5.75 Å². The molecule has 0 radical (unpaired) electrons. The van der Waals surface area contributed by atoms with E-state index < -0.39 is 0 Å². The van der Waals surface area contributed by atoms with Crippen molar-refractivity contribution in [3.8, 4) is 5.75 Å². The van der Waals surface area contributed by atoms with E-state index in [-0.39, 0.29) is 5.56 Å². The fourth-order valence-electron chi connectivity index (χ4n) is 1.82. The van der Waals surface area contributed by atoms with Crippen LogP contribution in [0.5, 0.6) is 5.75 Å². The Bertz CT molecular complexity index is 665. The highest BCUT2D eigenvalue weighted by Gasteiger charge is 2.08. The van der Waals surface area contributed by atoms with Crippen LogP contribution in [-0.2, 0) is 6.54 Å². The Kier molecular flexibility index (Phi) is 3.95. The van der Waals surface area contributed by atoms with Gasteiger partial charge in [0.05, 0.1) is 23.8 Å². The Morgan fingerprint density at radius 2 is 2.16 bits per heavy atom. The first kappa shape index (κ1) is 13.7. The number of halogens is 1. The molecule has 0 aliphatic rings. The Hall–Kier alpha value is -1.75. The van der Waals surface area contributed by atoms with Crippen LogP contribution < -0.4 is 16.0 Å². The van der Waals surface area contributed by atoms with Gasteiger partial charge in [-0.2, -0.15) is 0 Å². The van der Waals surface area contributed by atoms with Crippen LogP contribution in [0.2, 0.25) is 0 Å². The Balaban J connectivity index is 2.41. The van der Waals surface area contributed by atoms with Crippen LogP contribution in [0.15, 0.2) is 39.7 Å². The highest BCUT2D eigenvalue weighted by molar-refractivity contribution is 9.10. The van der Waals surface area contributed by atoms with Crippen molar-refractivity contribution in [2.24, 2.45) is 0 Å². The molecule has 2 aromatic rings. The molecule has 100 valence electrons. The highest BCUT2D eigenvalue weighted by atomic mass is 79.9. The maximum Gasteiger partial charge on any atom is 0.265 e. The molecular formula is C14H15BrN2O2. The lowest BCUT2D eigenvalue weighted by atomic mass is 10.2. The minimum Gasteiger partial charge on any atom is -0.497 e. The van der Waals surface area contributed by atoms with Crippen molar-refractivity contribution >= 4 is 21.6 Å². The number of nitrogens with zero attached hydrogens (tertiary/aromatic N) is 1. The van der Waals surface area contributed by atoms with Crippen LogP contribution in [0.1, 0.15) is 11.1 Å². The molecule has 1 aromatic heterocycles. The van der Waals surface area contributed by atoms with Gasteiger partial charge in [-0.25, -0.2) is 0 Å². The number of ether oxygens (including phenoxy) is 1. The highest BCUT2D eigenvalue weighted by Crippen LogP contribution is 2.18. The average Bonchev–Trinajstić information content (AvgIpc) is 2.42. The number of hydrogen-bond acceptors (Lipinski definition) is 3. The van der Waals surface area contributed by atoms with E-state index in [0.717, 1.165) is 16.9 Å². The van der Waals surface area contributed by atoms with E-state index in [0.29, 0.717) is 16.7 Å². The van der Waals surface area contributed by atoms with Crippen molar-refractivity contribution in [1.82, 2.24) is 4.57 Å². The third-order valence-corrected chi connectivity index (χ3v) is 3.93. The maximum absolute atomic E-state index is 12.1. The van der Waals surface area contributed by atoms with E-state index in [9.17, 15) is 4.79 Å². The maximum atomic E-state index is 12.1. The molecule has 0 unspecified atom stereocenters. The van der Waals surface area contributed by atoms with Crippen LogP contribution >= 0.6 is 15.9 Å². The summed E-state index contributed by atoms with van der Waals surface area (Å²) < 4.78 is 7.26. The number of nitrogen functional groups attached to an aromatic ring is 1. The van der Waals surface area contributed by atoms with Gasteiger partial charge in [0.15, 0.2) is 0 Å². The zero-order valence-corrected chi connectivity index (χ0v) is 12.4. The first-order chi connectivity index (χ1) is 9.02. The van der Waals surface area contributed by atoms with Gasteiger partial charge in [0.2, 0.25) is 0 Å². The Labute approximate surface area is 119 Å². The van der Waals surface area contributed by atoms with E-state index in [1.165, 1.54) is 0 Å². The van der Waals surface area contributed by atoms with E-state index >= 15 is 0 Å². The van der Waals surface area contributed by atoms with Gasteiger partial charge >= 0.3 is 0 Å². The van der Waals surface area contributed by atoms with Crippen molar-refractivity contribution in [3.63, 3.8) is 0 Å². The van der Waals surface area contributed by atoms with Crippen molar-refractivity contribution in [2.45, 2.75) is 13.5 Å². The number of nitrogens with two attached hydrogens (primary N) is 1. The third kappa shape index (κ3) is 2.81. The fraction of sp³-hybridized carbons (Fsp3) is 0.214. The van der Waals surface area contributed by atoms with Crippen LogP contribution in [0, 0.1) is 6.92 Å². The van der Waals surface area contributed by atoms with Crippen LogP contribution in [0.25, 0.3) is 0 Å². The molecule has 0 aliphatic carbocycles. The molecule has 1 aromatic carbocycles. The number of pyridine rings is 1. The summed E-state index contributed by atoms with van der Waals surface area (Å²) >= 11 is 3.28. The molecule has 1 heterocycles. The summed E-state index contributed by atoms with van der Waals surface area (Å²) in [7, 11) is 1.62. The van der Waals surface area contributed by atoms with Crippen LogP contribution in [0.3, 0.4) is 0 Å². The summed E-state index contributed by atoms with van der Waals surface area (Å²) in [4.78, 5) is 12.1. The van der Waals surface area contributed by atoms with Crippen molar-refractivity contribution in [2.75, 3.05) is 12.8 Å². The number of aromatic nitrogens is 1. The summed E-state index contributed by atoms with van der Waals surface area (Å²) in [6.07, 6.45) is 1.67. The molecule has 0 fully saturated rings. The zero-order valence-electron chi connectivity index (χ0n) is 10.8. The summed E-state index contributed by atoms with van der Waals surface area (Å²) in [5.74, 6) is 0.768. The SMILES string of the molecule is COc1cccc(Cn2cc(N)c(C)c(Br)c2=O)c1. The molecule has 0 bridgehead atoms. The molecule has 0 atom stereocenters. The van der Waals surface area contributed by atoms with Gasteiger partial charge in [-0.15, -0.1) is 0 Å². The van der Waals surface area contributed by atoms with E-state index in [1.54, 1.807) is 17.9 Å². The van der Waals surface area contributed by atoms with E-state index in [2.05, 4.69) is 15.9 Å². The Morgan fingerprint density at radius 3 is 2.84 bits per heavy atom. The quantitative estimate of drug-likeness (QED) is 0.944. The standard InChI is InChI=1S/C14H15BrN2O2/c1-9-12(16)8-17(14(18)13(9)15)7-10-4-3-5-11(6-10)19-2/h3-6,8H,7,16H2,1-2H3. The zero-order chi connectivity index (χ0) is 14.0. The summed E-state index contributed by atoms with van der Waals surface area (Å²) in [6, 6.07) is 7.60. The summed E-state index contributed by atoms with van der Waals surface area (Å²) in [5, 5.41) is 0. The molecule has 19 heavy (non-hydrogen) atoms. The molecule has 0 amide bonds. The number of methoxy groups -OCH3 is 1. The summed E-state index contributed by atoms with van der Waals surface area (Å²) in [5.41, 5.74) is 8.14. The monoisotopic (exact) mass is 322 g/mol. The molecule has 5 heteroatoms. The molecule has 0 spiro atoms. The molecular weight excluding hydrogens is 308 g/mol. The smallest absolute Gasteiger partial charge is 0.265 e. The molecule has 0 aliphatic heterocycles. The van der Waals surface area contributed by atoms with Gasteiger partial charge < -0.3 is 15.0 Å². The first-order valence-corrected chi connectivity index (χ1v) is 6.60. The average molecular weight is 323 g/mol. The number of rotatable bonds is 3. The normalized spacial score (nSPS) is 10.5. The van der Waals surface area contributed by atoms with Gasteiger partial charge in [-0.1, -0.05) is 12.1 Å². The summed E-state index contributed by atoms with van der Waals surface area (Å²) in [6.45, 7) is 2.27. The van der Waals surface area contributed by atoms with Gasteiger partial charge in [0, 0.05) is 6.20 Å². The lowest BCUT2D eigenvalue weighted by Gasteiger charge is -2.11. The van der Waals surface area contributed by atoms with E-state index in [4.69, 9.17) is 10.5 Å². The van der Waals surface area contributed by atoms with Gasteiger partial charge in [0.25, 0.3) is 5.56 Å². The van der Waals surface area contributed by atoms with Gasteiger partial charge in [-0.3, -0.25) is 4.79 Å². The molecule has 0 saturated heterocycles. The molecule has 2 N–H and O–H groups in total. The fourth-order valence-corrected chi connectivity index (χ4v) is 2.28. The van der Waals surface area contributed by atoms with Crippen molar-refractivity contribution in [3.05, 3.63) is 56.4 Å². The van der Waals surface area contributed by atoms with Crippen LogP contribution in [0.4, 0.5) is 5.69 Å². The van der Waals surface area contributed by atoms with Crippen LogP contribution in [-0.4, -0.2) is 11.7 Å². The number of anilines is 1. The predicted octanol–water partition coefficient (Wildman–Crippen LogP) is 2.56. The third-order valence-electron chi connectivity index (χ3n) is 2.99. The predicted molar refractivity (Wildman–Crippen MR) is 79.6 cm³/mol. The minimum absolute atomic E-state index is 0.0884. The van der Waals surface area contributed by atoms with Crippen molar-refractivity contribution < 1.29 is 4.74 Å². The Morgan fingerprint density at radius 1 is 1.42 bits per heavy atom. The van der Waals surface area contributed by atoms with Gasteiger partial charge in [-0.05, 0) is 46.1 Å². The first-order valence-electron chi connectivity index (χ1n) is 5.81. The minimum atomic E-state index is -0.0884. The molecule has 4 nitrogen and oxygen atoms in total.